The Morgan fingerprint density at radius 2 is 2.24 bits per heavy atom. The lowest BCUT2D eigenvalue weighted by Crippen LogP contribution is -2.37. The van der Waals surface area contributed by atoms with Gasteiger partial charge in [0.2, 0.25) is 0 Å². The van der Waals surface area contributed by atoms with Gasteiger partial charge in [0.1, 0.15) is 5.82 Å². The SMILES string of the molecule is Cc1cc(F)cc(C(NN)C2CSCCS2)c1. The number of hydrogen-bond donors (Lipinski definition) is 2. The third-order valence-electron chi connectivity index (χ3n) is 2.82. The molecule has 1 heterocycles. The third kappa shape index (κ3) is 3.37. The Labute approximate surface area is 110 Å². The number of hydrogen-bond acceptors (Lipinski definition) is 4. The second kappa shape index (κ2) is 6.09. The van der Waals surface area contributed by atoms with Gasteiger partial charge in [-0.2, -0.15) is 23.5 Å². The van der Waals surface area contributed by atoms with Gasteiger partial charge >= 0.3 is 0 Å². The second-order valence-electron chi connectivity index (χ2n) is 4.19. The molecule has 1 aromatic rings. The highest BCUT2D eigenvalue weighted by atomic mass is 32.2. The first kappa shape index (κ1) is 13.2. The summed E-state index contributed by atoms with van der Waals surface area (Å²) in [5.74, 6) is 8.85. The predicted octanol–water partition coefficient (Wildman–Crippen LogP) is 2.49. The molecule has 0 aromatic heterocycles. The number of aryl methyl sites for hydroxylation is 1. The molecule has 2 rings (SSSR count). The van der Waals surface area contributed by atoms with Crippen molar-refractivity contribution in [2.45, 2.75) is 18.2 Å². The van der Waals surface area contributed by atoms with Crippen LogP contribution in [0.5, 0.6) is 0 Å². The van der Waals surface area contributed by atoms with Crippen LogP contribution in [0.2, 0.25) is 0 Å². The zero-order chi connectivity index (χ0) is 12.3. The minimum Gasteiger partial charge on any atom is -0.271 e. The minimum atomic E-state index is -0.186. The molecule has 0 bridgehead atoms. The number of thioether (sulfide) groups is 2. The first-order valence-electron chi connectivity index (χ1n) is 5.63. The molecule has 94 valence electrons. The molecule has 0 amide bonds. The number of nitrogens with two attached hydrogens (primary N) is 1. The zero-order valence-corrected chi connectivity index (χ0v) is 11.4. The molecular formula is C12H17FN2S2. The van der Waals surface area contributed by atoms with Crippen molar-refractivity contribution in [3.05, 3.63) is 35.1 Å². The van der Waals surface area contributed by atoms with E-state index in [1.54, 1.807) is 12.1 Å². The van der Waals surface area contributed by atoms with Gasteiger partial charge in [-0.1, -0.05) is 6.07 Å². The van der Waals surface area contributed by atoms with E-state index < -0.39 is 0 Å². The minimum absolute atomic E-state index is 0.0298. The van der Waals surface area contributed by atoms with Crippen LogP contribution in [0.3, 0.4) is 0 Å². The third-order valence-corrected chi connectivity index (χ3v) is 5.68. The van der Waals surface area contributed by atoms with Gasteiger partial charge in [0.05, 0.1) is 6.04 Å². The summed E-state index contributed by atoms with van der Waals surface area (Å²) in [6, 6.07) is 5.16. The van der Waals surface area contributed by atoms with E-state index in [1.165, 1.54) is 5.75 Å². The number of rotatable bonds is 3. The highest BCUT2D eigenvalue weighted by Gasteiger charge is 2.25. The van der Waals surface area contributed by atoms with E-state index in [-0.39, 0.29) is 11.9 Å². The Balaban J connectivity index is 2.21. The summed E-state index contributed by atoms with van der Waals surface area (Å²) in [6.45, 7) is 1.91. The van der Waals surface area contributed by atoms with Crippen molar-refractivity contribution in [1.29, 1.82) is 0 Å². The van der Waals surface area contributed by atoms with Gasteiger partial charge in [-0.05, 0) is 30.2 Å². The first-order valence-corrected chi connectivity index (χ1v) is 7.83. The van der Waals surface area contributed by atoms with Crippen LogP contribution in [0.25, 0.3) is 0 Å². The Hall–Kier alpha value is -0.230. The van der Waals surface area contributed by atoms with Crippen molar-refractivity contribution in [2.24, 2.45) is 5.84 Å². The number of hydrazine groups is 1. The fourth-order valence-electron chi connectivity index (χ4n) is 2.06. The smallest absolute Gasteiger partial charge is 0.123 e. The van der Waals surface area contributed by atoms with Crippen LogP contribution in [0.4, 0.5) is 4.39 Å². The van der Waals surface area contributed by atoms with Gasteiger partial charge in [-0.3, -0.25) is 11.3 Å². The van der Waals surface area contributed by atoms with Crippen molar-refractivity contribution < 1.29 is 4.39 Å². The summed E-state index contributed by atoms with van der Waals surface area (Å²) < 4.78 is 13.4. The Morgan fingerprint density at radius 3 is 2.82 bits per heavy atom. The maximum atomic E-state index is 13.4. The van der Waals surface area contributed by atoms with Gasteiger partial charge in [-0.15, -0.1) is 0 Å². The lowest BCUT2D eigenvalue weighted by Gasteiger charge is -2.29. The highest BCUT2D eigenvalue weighted by Crippen LogP contribution is 2.33. The Bertz CT molecular complexity index is 361. The molecule has 5 heteroatoms. The summed E-state index contributed by atoms with van der Waals surface area (Å²) in [5.41, 5.74) is 4.73. The lowest BCUT2D eigenvalue weighted by molar-refractivity contribution is 0.545. The summed E-state index contributed by atoms with van der Waals surface area (Å²) in [7, 11) is 0. The van der Waals surface area contributed by atoms with Gasteiger partial charge in [0.15, 0.2) is 0 Å². The van der Waals surface area contributed by atoms with Gasteiger partial charge in [0.25, 0.3) is 0 Å². The number of benzene rings is 1. The molecule has 1 aromatic carbocycles. The van der Waals surface area contributed by atoms with Crippen molar-refractivity contribution in [3.8, 4) is 0 Å². The molecule has 1 saturated heterocycles. The van der Waals surface area contributed by atoms with Crippen molar-refractivity contribution >= 4 is 23.5 Å². The average Bonchev–Trinajstić information content (AvgIpc) is 2.30. The number of nitrogens with one attached hydrogen (secondary N) is 1. The molecule has 2 atom stereocenters. The molecule has 0 aliphatic carbocycles. The van der Waals surface area contributed by atoms with E-state index in [1.807, 2.05) is 36.5 Å². The van der Waals surface area contributed by atoms with Crippen molar-refractivity contribution in [3.63, 3.8) is 0 Å². The van der Waals surface area contributed by atoms with Gasteiger partial charge in [-0.25, -0.2) is 4.39 Å². The molecule has 0 radical (unpaired) electrons. The van der Waals surface area contributed by atoms with Crippen LogP contribution in [-0.2, 0) is 0 Å². The summed E-state index contributed by atoms with van der Waals surface area (Å²) >= 11 is 3.86. The van der Waals surface area contributed by atoms with Gasteiger partial charge < -0.3 is 0 Å². The van der Waals surface area contributed by atoms with Crippen LogP contribution < -0.4 is 11.3 Å². The largest absolute Gasteiger partial charge is 0.271 e. The van der Waals surface area contributed by atoms with E-state index in [0.717, 1.165) is 22.6 Å². The normalized spacial score (nSPS) is 22.4. The molecular weight excluding hydrogens is 255 g/mol. The van der Waals surface area contributed by atoms with E-state index in [0.29, 0.717) is 5.25 Å². The predicted molar refractivity (Wildman–Crippen MR) is 74.8 cm³/mol. The quantitative estimate of drug-likeness (QED) is 0.655. The molecule has 3 N–H and O–H groups in total. The summed E-state index contributed by atoms with van der Waals surface area (Å²) in [4.78, 5) is 0. The molecule has 2 unspecified atom stereocenters. The molecule has 0 saturated carbocycles. The fraction of sp³-hybridized carbons (Fsp3) is 0.500. The molecule has 1 aliphatic heterocycles. The number of halogens is 1. The van der Waals surface area contributed by atoms with E-state index in [9.17, 15) is 4.39 Å². The van der Waals surface area contributed by atoms with Crippen LogP contribution in [0, 0.1) is 12.7 Å². The molecule has 2 nitrogen and oxygen atoms in total. The maximum absolute atomic E-state index is 13.4. The highest BCUT2D eigenvalue weighted by molar-refractivity contribution is 8.06. The van der Waals surface area contributed by atoms with Crippen LogP contribution >= 0.6 is 23.5 Å². The Kier molecular flexibility index (Phi) is 4.73. The molecule has 17 heavy (non-hydrogen) atoms. The standard InChI is InChI=1S/C12H17FN2S2/c1-8-4-9(6-10(13)5-8)12(15-14)11-7-16-2-3-17-11/h4-6,11-12,15H,2-3,7,14H2,1H3. The molecule has 1 fully saturated rings. The second-order valence-corrected chi connectivity index (χ2v) is 6.69. The first-order chi connectivity index (χ1) is 8.20. The fourth-order valence-corrected chi connectivity index (χ4v) is 4.91. The van der Waals surface area contributed by atoms with Crippen molar-refractivity contribution in [1.82, 2.24) is 5.43 Å². The van der Waals surface area contributed by atoms with E-state index in [4.69, 9.17) is 5.84 Å². The molecule has 1 aliphatic rings. The Morgan fingerprint density at radius 1 is 1.41 bits per heavy atom. The van der Waals surface area contributed by atoms with Crippen LogP contribution in [-0.4, -0.2) is 22.5 Å². The summed E-state index contributed by atoms with van der Waals surface area (Å²) in [6.07, 6.45) is 0. The topological polar surface area (TPSA) is 38.0 Å². The van der Waals surface area contributed by atoms with E-state index >= 15 is 0 Å². The lowest BCUT2D eigenvalue weighted by atomic mass is 10.0. The summed E-state index contributed by atoms with van der Waals surface area (Å²) in [5, 5.41) is 0.417. The average molecular weight is 272 g/mol. The monoisotopic (exact) mass is 272 g/mol. The van der Waals surface area contributed by atoms with Crippen LogP contribution in [0.1, 0.15) is 17.2 Å². The van der Waals surface area contributed by atoms with Crippen LogP contribution in [0.15, 0.2) is 18.2 Å². The maximum Gasteiger partial charge on any atom is 0.123 e. The van der Waals surface area contributed by atoms with E-state index in [2.05, 4.69) is 5.43 Å². The zero-order valence-electron chi connectivity index (χ0n) is 9.78. The van der Waals surface area contributed by atoms with Crippen molar-refractivity contribution in [2.75, 3.05) is 17.3 Å². The molecule has 0 spiro atoms. The van der Waals surface area contributed by atoms with Gasteiger partial charge in [0, 0.05) is 22.5 Å².